The molecule has 120 valence electrons. The minimum atomic E-state index is -2.24. The molecule has 0 radical (unpaired) electrons. The summed E-state index contributed by atoms with van der Waals surface area (Å²) in [6, 6.07) is 0. The molecule has 0 aliphatic rings. The van der Waals surface area contributed by atoms with Crippen LogP contribution >= 0.6 is 11.6 Å². The van der Waals surface area contributed by atoms with Crippen molar-refractivity contribution in [1.82, 2.24) is 0 Å². The van der Waals surface area contributed by atoms with E-state index in [0.717, 1.165) is 0 Å². The topological polar surface area (TPSA) is 0 Å². The summed E-state index contributed by atoms with van der Waals surface area (Å²) < 4.78 is 5.87. The van der Waals surface area contributed by atoms with Gasteiger partial charge in [0, 0.05) is 0 Å². The van der Waals surface area contributed by atoms with E-state index in [1.54, 1.807) is 0 Å². The predicted molar refractivity (Wildman–Crippen MR) is 98.4 cm³/mol. The molecule has 0 saturated carbocycles. The molecule has 0 aromatic rings. The average Bonchev–Trinajstić information content (AvgIpc) is 2.47. The quantitative estimate of drug-likeness (QED) is 0.217. The molecule has 0 N–H and O–H groups in total. The predicted octanol–water partition coefficient (Wildman–Crippen LogP) is 7.69. The molecule has 0 rings (SSSR count). The first-order valence-electron chi connectivity index (χ1n) is 9.02. The summed E-state index contributed by atoms with van der Waals surface area (Å²) in [4.78, 5) is 0. The Kier molecular flexibility index (Phi) is 14.0. The van der Waals surface area contributed by atoms with E-state index >= 15 is 0 Å². The molecule has 0 amide bonds. The van der Waals surface area contributed by atoms with Crippen molar-refractivity contribution in [3.8, 4) is 0 Å². The summed E-state index contributed by atoms with van der Waals surface area (Å²) in [6.07, 6.45) is 14.4. The van der Waals surface area contributed by atoms with E-state index in [9.17, 15) is 0 Å². The molecule has 0 unspecified atom stereocenters. The van der Waals surface area contributed by atoms with Gasteiger partial charge < -0.3 is 0 Å². The van der Waals surface area contributed by atoms with Gasteiger partial charge in [0.15, 0.2) is 0 Å². The van der Waals surface area contributed by atoms with Gasteiger partial charge in [0.25, 0.3) is 0 Å². The Morgan fingerprint density at radius 2 is 1.15 bits per heavy atom. The fraction of sp³-hybridized carbons (Fsp3) is 0.889. The third-order valence-electron chi connectivity index (χ3n) is 4.41. The molecule has 0 fully saturated rings. The van der Waals surface area contributed by atoms with Gasteiger partial charge in [-0.3, -0.25) is 0 Å². The van der Waals surface area contributed by atoms with Gasteiger partial charge in [0.2, 0.25) is 0 Å². The summed E-state index contributed by atoms with van der Waals surface area (Å²) in [5, 5.41) is 0. The van der Waals surface area contributed by atoms with Crippen LogP contribution in [0.1, 0.15) is 85.5 Å². The van der Waals surface area contributed by atoms with E-state index in [1.807, 2.05) is 0 Å². The average molecular weight is 408 g/mol. The molecule has 0 aromatic carbocycles. The maximum atomic E-state index is 6.90. The second-order valence-corrected chi connectivity index (χ2v) is 20.7. The van der Waals surface area contributed by atoms with Gasteiger partial charge in [0.05, 0.1) is 0 Å². The second kappa shape index (κ2) is 13.5. The fourth-order valence-corrected chi connectivity index (χ4v) is 19.6. The minimum absolute atomic E-state index is 1.21. The SMILES string of the molecule is CCCC/C=[C](\Cl)[Sn]([CH2]CCC)([CH2]CCC)[CH2]CCC. The number of hydrogen-bond acceptors (Lipinski definition) is 0. The van der Waals surface area contributed by atoms with Crippen LogP contribution in [0.3, 0.4) is 0 Å². The number of rotatable bonds is 13. The van der Waals surface area contributed by atoms with Crippen molar-refractivity contribution in [2.24, 2.45) is 0 Å². The van der Waals surface area contributed by atoms with Crippen molar-refractivity contribution in [3.63, 3.8) is 0 Å². The molecular weight excluding hydrogens is 370 g/mol. The van der Waals surface area contributed by atoms with Crippen LogP contribution in [0.25, 0.3) is 0 Å². The summed E-state index contributed by atoms with van der Waals surface area (Å²) in [7, 11) is 0. The zero-order valence-electron chi connectivity index (χ0n) is 14.4. The molecular formula is C18H37ClSn. The van der Waals surface area contributed by atoms with E-state index in [2.05, 4.69) is 33.8 Å². The van der Waals surface area contributed by atoms with Crippen molar-refractivity contribution >= 4 is 30.0 Å². The van der Waals surface area contributed by atoms with Crippen LogP contribution in [-0.2, 0) is 0 Å². The molecule has 2 heteroatoms. The summed E-state index contributed by atoms with van der Waals surface area (Å²) in [5.41, 5.74) is 0. The van der Waals surface area contributed by atoms with E-state index in [4.69, 9.17) is 11.6 Å². The maximum absolute atomic E-state index is 6.90. The standard InChI is InChI=1S/C6H10Cl.3C4H9.Sn/c1-2-3-4-5-6-7;3*1-3-4-2;/h5H,2-4H2,1H3;3*1,3-4H2,2H3;. The first-order chi connectivity index (χ1) is 9.66. The Morgan fingerprint density at radius 1 is 0.750 bits per heavy atom. The van der Waals surface area contributed by atoms with Crippen LogP contribution in [0.5, 0.6) is 0 Å². The van der Waals surface area contributed by atoms with Gasteiger partial charge in [-0.1, -0.05) is 0 Å². The molecule has 20 heavy (non-hydrogen) atoms. The number of hydrogen-bond donors (Lipinski definition) is 0. The van der Waals surface area contributed by atoms with Crippen LogP contribution < -0.4 is 0 Å². The molecule has 0 aromatic heterocycles. The number of allylic oxidation sites excluding steroid dienone is 1. The molecule has 0 aliphatic carbocycles. The van der Waals surface area contributed by atoms with E-state index < -0.39 is 18.4 Å². The zero-order valence-corrected chi connectivity index (χ0v) is 18.1. The molecule has 0 nitrogen and oxygen atoms in total. The van der Waals surface area contributed by atoms with Gasteiger partial charge in [-0.15, -0.1) is 0 Å². The van der Waals surface area contributed by atoms with Gasteiger partial charge in [0.1, 0.15) is 0 Å². The van der Waals surface area contributed by atoms with E-state index in [0.29, 0.717) is 0 Å². The van der Waals surface area contributed by atoms with Gasteiger partial charge in [-0.2, -0.15) is 0 Å². The third kappa shape index (κ3) is 8.31. The Hall–Kier alpha value is 0.829. The van der Waals surface area contributed by atoms with Gasteiger partial charge in [-0.25, -0.2) is 0 Å². The van der Waals surface area contributed by atoms with Crippen molar-refractivity contribution < 1.29 is 0 Å². The Labute approximate surface area is 137 Å². The zero-order chi connectivity index (χ0) is 15.3. The Morgan fingerprint density at radius 3 is 1.50 bits per heavy atom. The second-order valence-electron chi connectivity index (χ2n) is 6.29. The molecule has 0 heterocycles. The Bertz CT molecular complexity index is 226. The monoisotopic (exact) mass is 408 g/mol. The first kappa shape index (κ1) is 20.8. The van der Waals surface area contributed by atoms with Crippen LogP contribution in [0, 0.1) is 0 Å². The molecule has 0 spiro atoms. The normalized spacial score (nSPS) is 12.9. The molecule has 0 aliphatic heterocycles. The van der Waals surface area contributed by atoms with Crippen LogP contribution in [0.2, 0.25) is 13.3 Å². The van der Waals surface area contributed by atoms with E-state index in [1.165, 1.54) is 74.1 Å². The van der Waals surface area contributed by atoms with Gasteiger partial charge in [-0.05, 0) is 0 Å². The van der Waals surface area contributed by atoms with Crippen LogP contribution in [-0.4, -0.2) is 18.4 Å². The summed E-state index contributed by atoms with van der Waals surface area (Å²) in [5.74, 6) is 0. The number of unbranched alkanes of at least 4 members (excludes halogenated alkanes) is 5. The van der Waals surface area contributed by atoms with Crippen molar-refractivity contribution in [3.05, 3.63) is 9.12 Å². The van der Waals surface area contributed by atoms with Crippen molar-refractivity contribution in [2.75, 3.05) is 0 Å². The van der Waals surface area contributed by atoms with Gasteiger partial charge >= 0.3 is 138 Å². The van der Waals surface area contributed by atoms with Crippen LogP contribution in [0.15, 0.2) is 9.12 Å². The molecule has 0 atom stereocenters. The molecule has 0 saturated heterocycles. The van der Waals surface area contributed by atoms with Crippen molar-refractivity contribution in [2.45, 2.75) is 98.8 Å². The Balaban J connectivity index is 4.94. The molecule has 0 bridgehead atoms. The third-order valence-corrected chi connectivity index (χ3v) is 22.0. The van der Waals surface area contributed by atoms with E-state index in [-0.39, 0.29) is 0 Å². The summed E-state index contributed by atoms with van der Waals surface area (Å²) in [6.45, 7) is 9.24. The fourth-order valence-electron chi connectivity index (χ4n) is 2.93. The van der Waals surface area contributed by atoms with Crippen LogP contribution in [0.4, 0.5) is 0 Å². The first-order valence-corrected chi connectivity index (χ1v) is 16.9. The number of halogens is 1. The van der Waals surface area contributed by atoms with Crippen molar-refractivity contribution in [1.29, 1.82) is 0 Å². The summed E-state index contributed by atoms with van der Waals surface area (Å²) >= 11 is 4.66.